The molecule has 0 saturated carbocycles. The molecule has 2 amide bonds. The van der Waals surface area contributed by atoms with Crippen LogP contribution < -0.4 is 10.6 Å². The Morgan fingerprint density at radius 2 is 2.12 bits per heavy atom. The second-order valence-electron chi connectivity index (χ2n) is 6.70. The molecule has 0 radical (unpaired) electrons. The molecule has 1 aromatic carbocycles. The molecule has 138 valence electrons. The number of carbonyl (C=O) groups excluding carboxylic acids is 2. The number of H-pyrrole nitrogens is 1. The third kappa shape index (κ3) is 5.16. The molecule has 3 rings (SSSR count). The monoisotopic (exact) mass is 355 g/mol. The highest BCUT2D eigenvalue weighted by Crippen LogP contribution is 2.23. The summed E-state index contributed by atoms with van der Waals surface area (Å²) in [7, 11) is 0. The largest absolute Gasteiger partial charge is 0.351 e. The van der Waals surface area contributed by atoms with Crippen molar-refractivity contribution in [2.24, 2.45) is 0 Å². The smallest absolute Gasteiger partial charge is 0.234 e. The topological polar surface area (TPSA) is 90.1 Å². The predicted molar refractivity (Wildman–Crippen MR) is 99.6 cm³/mol. The van der Waals surface area contributed by atoms with Crippen molar-refractivity contribution < 1.29 is 9.59 Å². The quantitative estimate of drug-likeness (QED) is 0.738. The summed E-state index contributed by atoms with van der Waals surface area (Å²) in [5.41, 5.74) is 1.75. The highest BCUT2D eigenvalue weighted by atomic mass is 16.2. The van der Waals surface area contributed by atoms with Gasteiger partial charge < -0.3 is 15.6 Å². The van der Waals surface area contributed by atoms with Crippen molar-refractivity contribution in [2.45, 2.75) is 32.2 Å². The number of hydrogen-bond acceptors (Lipinski definition) is 4. The summed E-state index contributed by atoms with van der Waals surface area (Å²) in [4.78, 5) is 33.0. The fourth-order valence-corrected chi connectivity index (χ4v) is 3.29. The summed E-state index contributed by atoms with van der Waals surface area (Å²) in [6.45, 7) is 4.16. The Hall–Kier alpha value is -2.67. The third-order valence-corrected chi connectivity index (χ3v) is 4.54. The van der Waals surface area contributed by atoms with Crippen LogP contribution in [0.5, 0.6) is 0 Å². The van der Waals surface area contributed by atoms with Crippen molar-refractivity contribution in [3.8, 4) is 0 Å². The van der Waals surface area contributed by atoms with Gasteiger partial charge in [-0.15, -0.1) is 0 Å². The maximum absolute atomic E-state index is 12.3. The van der Waals surface area contributed by atoms with Crippen LogP contribution in [0, 0.1) is 0 Å². The van der Waals surface area contributed by atoms with Gasteiger partial charge in [-0.1, -0.05) is 12.1 Å². The van der Waals surface area contributed by atoms with Crippen LogP contribution in [0.25, 0.3) is 0 Å². The third-order valence-electron chi connectivity index (χ3n) is 4.54. The molecule has 26 heavy (non-hydrogen) atoms. The normalized spacial score (nSPS) is 17.7. The second-order valence-corrected chi connectivity index (χ2v) is 6.70. The van der Waals surface area contributed by atoms with Gasteiger partial charge in [-0.05, 0) is 37.1 Å². The number of nitrogens with one attached hydrogen (secondary N) is 3. The standard InChI is InChI=1S/C19H25N5O2/c1-14(25)23-17-6-4-15(5-7-17)11-22-18(26)13-24-10-2-3-16(12-24)19-20-8-9-21-19/h4-9,16H,2-3,10-13H2,1H3,(H,20,21)(H,22,26)(H,23,25). The minimum Gasteiger partial charge on any atom is -0.351 e. The van der Waals surface area contributed by atoms with E-state index < -0.39 is 0 Å². The van der Waals surface area contributed by atoms with Crippen molar-refractivity contribution in [1.82, 2.24) is 20.2 Å². The molecule has 7 nitrogen and oxygen atoms in total. The summed E-state index contributed by atoms with van der Waals surface area (Å²) < 4.78 is 0. The highest BCUT2D eigenvalue weighted by molar-refractivity contribution is 5.88. The maximum Gasteiger partial charge on any atom is 0.234 e. The number of aromatic nitrogens is 2. The summed E-state index contributed by atoms with van der Waals surface area (Å²) >= 11 is 0. The molecule has 1 aromatic heterocycles. The Bertz CT molecular complexity index is 727. The lowest BCUT2D eigenvalue weighted by Crippen LogP contribution is -2.42. The summed E-state index contributed by atoms with van der Waals surface area (Å²) in [5.74, 6) is 1.30. The number of hydrogen-bond donors (Lipinski definition) is 3. The highest BCUT2D eigenvalue weighted by Gasteiger charge is 2.24. The van der Waals surface area contributed by atoms with E-state index in [1.54, 1.807) is 6.20 Å². The molecule has 1 fully saturated rings. The zero-order chi connectivity index (χ0) is 18.4. The molecule has 1 aliphatic heterocycles. The first kappa shape index (κ1) is 18.1. The molecule has 7 heteroatoms. The van der Waals surface area contributed by atoms with Crippen LogP contribution in [0.3, 0.4) is 0 Å². The van der Waals surface area contributed by atoms with Crippen LogP contribution >= 0.6 is 0 Å². The van der Waals surface area contributed by atoms with Crippen LogP contribution in [0.4, 0.5) is 5.69 Å². The van der Waals surface area contributed by atoms with E-state index >= 15 is 0 Å². The molecule has 1 atom stereocenters. The van der Waals surface area contributed by atoms with Gasteiger partial charge in [-0.3, -0.25) is 14.5 Å². The molecule has 0 bridgehead atoms. The number of rotatable bonds is 6. The van der Waals surface area contributed by atoms with E-state index in [1.807, 2.05) is 30.5 Å². The average Bonchev–Trinajstić information content (AvgIpc) is 3.16. The molecule has 2 heterocycles. The zero-order valence-corrected chi connectivity index (χ0v) is 15.0. The van der Waals surface area contributed by atoms with Crippen molar-refractivity contribution in [3.05, 3.63) is 48.0 Å². The van der Waals surface area contributed by atoms with E-state index in [0.29, 0.717) is 19.0 Å². The molecule has 0 spiro atoms. The zero-order valence-electron chi connectivity index (χ0n) is 15.0. The number of piperidine rings is 1. The summed E-state index contributed by atoms with van der Waals surface area (Å²) in [6, 6.07) is 7.47. The molecule has 1 aliphatic rings. The van der Waals surface area contributed by atoms with Crippen molar-refractivity contribution >= 4 is 17.5 Å². The molecule has 0 aliphatic carbocycles. The van der Waals surface area contributed by atoms with Gasteiger partial charge in [0.2, 0.25) is 11.8 Å². The Morgan fingerprint density at radius 3 is 2.81 bits per heavy atom. The fourth-order valence-electron chi connectivity index (χ4n) is 3.29. The van der Waals surface area contributed by atoms with E-state index in [4.69, 9.17) is 0 Å². The van der Waals surface area contributed by atoms with Crippen LogP contribution in [0.2, 0.25) is 0 Å². The number of imidazole rings is 1. The molecular weight excluding hydrogens is 330 g/mol. The Kier molecular flexibility index (Phi) is 6.01. The van der Waals surface area contributed by atoms with E-state index in [2.05, 4.69) is 25.5 Å². The maximum atomic E-state index is 12.3. The fraction of sp³-hybridized carbons (Fsp3) is 0.421. The Morgan fingerprint density at radius 1 is 1.31 bits per heavy atom. The van der Waals surface area contributed by atoms with Crippen molar-refractivity contribution in [1.29, 1.82) is 0 Å². The minimum absolute atomic E-state index is 0.0241. The van der Waals surface area contributed by atoms with Gasteiger partial charge in [0.25, 0.3) is 0 Å². The SMILES string of the molecule is CC(=O)Nc1ccc(CNC(=O)CN2CCCC(c3ncc[nH]3)C2)cc1. The summed E-state index contributed by atoms with van der Waals surface area (Å²) in [5, 5.41) is 5.69. The van der Waals surface area contributed by atoms with Crippen molar-refractivity contribution in [3.63, 3.8) is 0 Å². The minimum atomic E-state index is -0.0968. The molecular formula is C19H25N5O2. The van der Waals surface area contributed by atoms with Crippen LogP contribution in [-0.2, 0) is 16.1 Å². The van der Waals surface area contributed by atoms with E-state index in [9.17, 15) is 9.59 Å². The van der Waals surface area contributed by atoms with Crippen LogP contribution in [0.1, 0.15) is 37.1 Å². The number of aromatic amines is 1. The number of anilines is 1. The van der Waals surface area contributed by atoms with Gasteiger partial charge >= 0.3 is 0 Å². The summed E-state index contributed by atoms with van der Waals surface area (Å²) in [6.07, 6.45) is 5.80. The number of benzene rings is 1. The Labute approximate surface area is 153 Å². The van der Waals surface area contributed by atoms with Gasteiger partial charge in [0.15, 0.2) is 0 Å². The Balaban J connectivity index is 1.44. The lowest BCUT2D eigenvalue weighted by molar-refractivity contribution is -0.122. The first-order valence-electron chi connectivity index (χ1n) is 8.95. The molecule has 3 N–H and O–H groups in total. The lowest BCUT2D eigenvalue weighted by atomic mass is 9.97. The number of nitrogens with zero attached hydrogens (tertiary/aromatic N) is 2. The van der Waals surface area contributed by atoms with Gasteiger partial charge in [0.05, 0.1) is 6.54 Å². The van der Waals surface area contributed by atoms with Gasteiger partial charge in [0, 0.05) is 44.0 Å². The van der Waals surface area contributed by atoms with E-state index in [-0.39, 0.29) is 11.8 Å². The molecule has 1 saturated heterocycles. The average molecular weight is 355 g/mol. The lowest BCUT2D eigenvalue weighted by Gasteiger charge is -2.31. The van der Waals surface area contributed by atoms with E-state index in [1.165, 1.54) is 6.92 Å². The van der Waals surface area contributed by atoms with E-state index in [0.717, 1.165) is 43.0 Å². The van der Waals surface area contributed by atoms with Crippen LogP contribution in [-0.4, -0.2) is 46.3 Å². The number of carbonyl (C=O) groups is 2. The molecule has 2 aromatic rings. The number of amides is 2. The van der Waals surface area contributed by atoms with Gasteiger partial charge in [0.1, 0.15) is 5.82 Å². The van der Waals surface area contributed by atoms with Crippen molar-refractivity contribution in [2.75, 3.05) is 25.0 Å². The van der Waals surface area contributed by atoms with Gasteiger partial charge in [-0.2, -0.15) is 0 Å². The van der Waals surface area contributed by atoms with Crippen LogP contribution in [0.15, 0.2) is 36.7 Å². The second kappa shape index (κ2) is 8.62. The predicted octanol–water partition coefficient (Wildman–Crippen LogP) is 1.86. The first-order chi connectivity index (χ1) is 12.6. The van der Waals surface area contributed by atoms with Gasteiger partial charge in [-0.25, -0.2) is 4.98 Å². The first-order valence-corrected chi connectivity index (χ1v) is 8.95. The number of likely N-dealkylation sites (tertiary alicyclic amines) is 1. The molecule has 1 unspecified atom stereocenters.